The van der Waals surface area contributed by atoms with Crippen molar-refractivity contribution in [3.8, 4) is 0 Å². The Balaban J connectivity index is 1.79. The lowest BCUT2D eigenvalue weighted by Crippen LogP contribution is -2.41. The molecule has 0 aliphatic carbocycles. The number of ether oxygens (including phenoxy) is 1. The average Bonchev–Trinajstić information content (AvgIpc) is 2.48. The quantitative estimate of drug-likeness (QED) is 0.812. The van der Waals surface area contributed by atoms with Crippen LogP contribution in [-0.4, -0.2) is 59.7 Å². The molecule has 2 heterocycles. The zero-order valence-corrected chi connectivity index (χ0v) is 11.0. The van der Waals surface area contributed by atoms with Gasteiger partial charge in [-0.1, -0.05) is 0 Å². The number of aromatic nitrogens is 1. The van der Waals surface area contributed by atoms with E-state index in [9.17, 15) is 9.59 Å². The number of hydrogen-bond donors (Lipinski definition) is 2. The fourth-order valence-electron chi connectivity index (χ4n) is 1.93. The molecule has 1 aliphatic heterocycles. The number of carbonyl (C=O) groups excluding carboxylic acids is 1. The number of pyridine rings is 1. The van der Waals surface area contributed by atoms with Gasteiger partial charge >= 0.3 is 5.97 Å². The third kappa shape index (κ3) is 3.92. The summed E-state index contributed by atoms with van der Waals surface area (Å²) in [5, 5.41) is 11.8. The maximum Gasteiger partial charge on any atom is 0.335 e. The molecule has 1 amide bonds. The van der Waals surface area contributed by atoms with Crippen molar-refractivity contribution in [1.29, 1.82) is 0 Å². The van der Waals surface area contributed by atoms with Crippen LogP contribution in [0.3, 0.4) is 0 Å². The van der Waals surface area contributed by atoms with Gasteiger partial charge in [-0.15, -0.1) is 0 Å². The number of aromatic carboxylic acids is 1. The first kappa shape index (κ1) is 14.3. The van der Waals surface area contributed by atoms with Gasteiger partial charge in [0, 0.05) is 32.3 Å². The summed E-state index contributed by atoms with van der Waals surface area (Å²) >= 11 is 0. The minimum Gasteiger partial charge on any atom is -0.478 e. The topological polar surface area (TPSA) is 91.8 Å². The van der Waals surface area contributed by atoms with Crippen molar-refractivity contribution >= 4 is 17.7 Å². The average molecular weight is 279 g/mol. The lowest BCUT2D eigenvalue weighted by molar-refractivity contribution is -0.134. The van der Waals surface area contributed by atoms with Crippen LogP contribution in [0.4, 0.5) is 5.82 Å². The van der Waals surface area contributed by atoms with E-state index in [-0.39, 0.29) is 11.5 Å². The largest absolute Gasteiger partial charge is 0.478 e. The van der Waals surface area contributed by atoms with Crippen molar-refractivity contribution in [3.63, 3.8) is 0 Å². The molecule has 1 aromatic rings. The van der Waals surface area contributed by atoms with Gasteiger partial charge in [-0.05, 0) is 12.1 Å². The Kier molecular flexibility index (Phi) is 4.89. The van der Waals surface area contributed by atoms with Gasteiger partial charge in [0.25, 0.3) is 0 Å². The molecular weight excluding hydrogens is 262 g/mol. The van der Waals surface area contributed by atoms with Gasteiger partial charge in [0.05, 0.1) is 18.8 Å². The molecule has 1 fully saturated rings. The van der Waals surface area contributed by atoms with Crippen LogP contribution in [0.25, 0.3) is 0 Å². The van der Waals surface area contributed by atoms with Gasteiger partial charge in [-0.25, -0.2) is 9.78 Å². The summed E-state index contributed by atoms with van der Waals surface area (Å²) in [6.45, 7) is 2.85. The predicted octanol–water partition coefficient (Wildman–Crippen LogP) is 0.441. The molecule has 7 heteroatoms. The second-order valence-electron chi connectivity index (χ2n) is 4.40. The standard InChI is InChI=1S/C13H17N3O4/c17-12(16-5-7-20-8-6-16)2-4-15-11-9-10(13(18)19)1-3-14-11/h1,3,9H,2,4-8H2,(H,14,15)(H,18,19). The molecule has 0 aromatic carbocycles. The van der Waals surface area contributed by atoms with Crippen molar-refractivity contribution in [2.45, 2.75) is 6.42 Å². The highest BCUT2D eigenvalue weighted by atomic mass is 16.5. The first-order chi connectivity index (χ1) is 9.66. The Morgan fingerprint density at radius 3 is 2.85 bits per heavy atom. The number of carboxylic acids is 1. The van der Waals surface area contributed by atoms with Crippen LogP contribution in [0.5, 0.6) is 0 Å². The summed E-state index contributed by atoms with van der Waals surface area (Å²) in [6.07, 6.45) is 1.77. The Bertz CT molecular complexity index is 486. The van der Waals surface area contributed by atoms with E-state index in [1.54, 1.807) is 4.90 Å². The van der Waals surface area contributed by atoms with Crippen molar-refractivity contribution in [2.75, 3.05) is 38.2 Å². The maximum absolute atomic E-state index is 11.9. The number of rotatable bonds is 5. The Hall–Kier alpha value is -2.15. The maximum atomic E-state index is 11.9. The van der Waals surface area contributed by atoms with Crippen molar-refractivity contribution in [1.82, 2.24) is 9.88 Å². The van der Waals surface area contributed by atoms with Crippen LogP contribution in [0.15, 0.2) is 18.3 Å². The minimum atomic E-state index is -1.00. The third-order valence-electron chi connectivity index (χ3n) is 3.02. The van der Waals surface area contributed by atoms with Gasteiger partial charge < -0.3 is 20.1 Å². The molecule has 0 bridgehead atoms. The van der Waals surface area contributed by atoms with Crippen LogP contribution in [0.1, 0.15) is 16.8 Å². The monoisotopic (exact) mass is 279 g/mol. The Labute approximate surface area is 116 Å². The van der Waals surface area contributed by atoms with Crippen molar-refractivity contribution in [2.24, 2.45) is 0 Å². The summed E-state index contributed by atoms with van der Waals surface area (Å²) in [5.41, 5.74) is 0.169. The summed E-state index contributed by atoms with van der Waals surface area (Å²) in [6, 6.07) is 2.87. The van der Waals surface area contributed by atoms with Crippen LogP contribution < -0.4 is 5.32 Å². The number of nitrogens with one attached hydrogen (secondary N) is 1. The van der Waals surface area contributed by atoms with Crippen LogP contribution in [0, 0.1) is 0 Å². The number of hydrogen-bond acceptors (Lipinski definition) is 5. The first-order valence-electron chi connectivity index (χ1n) is 6.45. The lowest BCUT2D eigenvalue weighted by atomic mass is 10.2. The number of carboxylic acid groups (broad SMARTS) is 1. The molecule has 0 spiro atoms. The Morgan fingerprint density at radius 1 is 1.40 bits per heavy atom. The van der Waals surface area contributed by atoms with Crippen LogP contribution in [-0.2, 0) is 9.53 Å². The highest BCUT2D eigenvalue weighted by Gasteiger charge is 2.16. The number of nitrogens with zero attached hydrogens (tertiary/aromatic N) is 2. The van der Waals surface area contributed by atoms with Gasteiger partial charge in [0.2, 0.25) is 5.91 Å². The van der Waals surface area contributed by atoms with E-state index >= 15 is 0 Å². The van der Waals surface area contributed by atoms with E-state index in [1.807, 2.05) is 0 Å². The fraction of sp³-hybridized carbons (Fsp3) is 0.462. The molecule has 1 aliphatic rings. The third-order valence-corrected chi connectivity index (χ3v) is 3.02. The fourth-order valence-corrected chi connectivity index (χ4v) is 1.93. The van der Waals surface area contributed by atoms with E-state index in [2.05, 4.69) is 10.3 Å². The molecule has 0 unspecified atom stereocenters. The first-order valence-corrected chi connectivity index (χ1v) is 6.45. The second kappa shape index (κ2) is 6.85. The molecule has 108 valence electrons. The van der Waals surface area contributed by atoms with E-state index in [0.29, 0.717) is 45.1 Å². The number of carbonyl (C=O) groups is 2. The Morgan fingerprint density at radius 2 is 2.15 bits per heavy atom. The number of amides is 1. The normalized spacial score (nSPS) is 14.9. The smallest absolute Gasteiger partial charge is 0.335 e. The molecule has 0 atom stereocenters. The van der Waals surface area contributed by atoms with E-state index in [1.165, 1.54) is 18.3 Å². The zero-order chi connectivity index (χ0) is 14.4. The molecule has 1 saturated heterocycles. The van der Waals surface area contributed by atoms with E-state index < -0.39 is 5.97 Å². The van der Waals surface area contributed by atoms with Crippen molar-refractivity contribution < 1.29 is 19.4 Å². The van der Waals surface area contributed by atoms with Gasteiger partial charge in [-0.2, -0.15) is 0 Å². The summed E-state index contributed by atoms with van der Waals surface area (Å²) in [7, 11) is 0. The van der Waals surface area contributed by atoms with Crippen LogP contribution >= 0.6 is 0 Å². The van der Waals surface area contributed by atoms with Gasteiger partial charge in [0.15, 0.2) is 0 Å². The number of morpholine rings is 1. The molecule has 1 aromatic heterocycles. The highest BCUT2D eigenvalue weighted by Crippen LogP contribution is 2.07. The summed E-state index contributed by atoms with van der Waals surface area (Å²) in [5.74, 6) is -0.477. The summed E-state index contributed by atoms with van der Waals surface area (Å²) in [4.78, 5) is 28.5. The molecule has 0 saturated carbocycles. The molecule has 7 nitrogen and oxygen atoms in total. The predicted molar refractivity (Wildman–Crippen MR) is 71.7 cm³/mol. The zero-order valence-electron chi connectivity index (χ0n) is 11.0. The minimum absolute atomic E-state index is 0.0650. The van der Waals surface area contributed by atoms with Crippen LogP contribution in [0.2, 0.25) is 0 Å². The second-order valence-corrected chi connectivity index (χ2v) is 4.40. The lowest BCUT2D eigenvalue weighted by Gasteiger charge is -2.26. The van der Waals surface area contributed by atoms with Gasteiger partial charge in [0.1, 0.15) is 5.82 Å². The number of anilines is 1. The van der Waals surface area contributed by atoms with Gasteiger partial charge in [-0.3, -0.25) is 4.79 Å². The van der Waals surface area contributed by atoms with E-state index in [0.717, 1.165) is 0 Å². The van der Waals surface area contributed by atoms with E-state index in [4.69, 9.17) is 9.84 Å². The molecule has 20 heavy (non-hydrogen) atoms. The molecule has 0 radical (unpaired) electrons. The SMILES string of the molecule is O=C(O)c1ccnc(NCCC(=O)N2CCOCC2)c1. The van der Waals surface area contributed by atoms with Crippen molar-refractivity contribution in [3.05, 3.63) is 23.9 Å². The highest BCUT2D eigenvalue weighted by molar-refractivity contribution is 5.88. The molecule has 2 rings (SSSR count). The summed E-state index contributed by atoms with van der Waals surface area (Å²) < 4.78 is 5.18. The molecular formula is C13H17N3O4. The molecule has 2 N–H and O–H groups in total.